The highest BCUT2D eigenvalue weighted by molar-refractivity contribution is 5.87. The Balaban J connectivity index is 3.84. The van der Waals surface area contributed by atoms with Crippen LogP contribution in [-0.4, -0.2) is 61.8 Å². The van der Waals surface area contributed by atoms with Crippen molar-refractivity contribution in [2.24, 2.45) is 5.41 Å². The Bertz CT molecular complexity index is 274. The van der Waals surface area contributed by atoms with Gasteiger partial charge in [0.1, 0.15) is 0 Å². The lowest BCUT2D eigenvalue weighted by Crippen LogP contribution is -2.43. The molecule has 18 heavy (non-hydrogen) atoms. The zero-order valence-electron chi connectivity index (χ0n) is 11.7. The minimum absolute atomic E-state index is 0.00734. The number of nitrogens with zero attached hydrogens (tertiary/aromatic N) is 1. The summed E-state index contributed by atoms with van der Waals surface area (Å²) in [5.41, 5.74) is -0.497. The predicted octanol–water partition coefficient (Wildman–Crippen LogP) is -0.384. The molecule has 0 rings (SSSR count). The van der Waals surface area contributed by atoms with E-state index in [4.69, 9.17) is 9.84 Å². The molecule has 0 aliphatic rings. The maximum Gasteiger partial charge on any atom is 0.241 e. The van der Waals surface area contributed by atoms with Crippen molar-refractivity contribution in [3.63, 3.8) is 0 Å². The molecule has 106 valence electrons. The number of carbonyl (C=O) groups excluding carboxylic acids is 2. The molecule has 0 fully saturated rings. The fraction of sp³-hybridized carbons (Fsp3) is 0.833. The van der Waals surface area contributed by atoms with Gasteiger partial charge in [0.25, 0.3) is 0 Å². The Morgan fingerprint density at radius 2 is 1.89 bits per heavy atom. The summed E-state index contributed by atoms with van der Waals surface area (Å²) >= 11 is 0. The lowest BCUT2D eigenvalue weighted by molar-refractivity contribution is -0.134. The number of ether oxygens (including phenoxy) is 1. The van der Waals surface area contributed by atoms with Crippen LogP contribution >= 0.6 is 0 Å². The van der Waals surface area contributed by atoms with Crippen LogP contribution in [0.2, 0.25) is 0 Å². The van der Waals surface area contributed by atoms with Gasteiger partial charge in [0.05, 0.1) is 26.4 Å². The topological polar surface area (TPSA) is 78.9 Å². The molecule has 6 heteroatoms. The van der Waals surface area contributed by atoms with Crippen molar-refractivity contribution in [2.45, 2.75) is 20.8 Å². The van der Waals surface area contributed by atoms with Gasteiger partial charge < -0.3 is 20.1 Å². The number of likely N-dealkylation sites (N-methyl/N-ethyl adjacent to an activating group) is 1. The van der Waals surface area contributed by atoms with Gasteiger partial charge in [-0.1, -0.05) is 20.8 Å². The van der Waals surface area contributed by atoms with Crippen LogP contribution in [0.25, 0.3) is 0 Å². The molecule has 2 N–H and O–H groups in total. The second-order valence-electron chi connectivity index (χ2n) is 5.08. The molecular formula is C12H24N2O4. The number of aliphatic hydroxyl groups excluding tert-OH is 1. The molecule has 6 nitrogen and oxygen atoms in total. The monoisotopic (exact) mass is 260 g/mol. The van der Waals surface area contributed by atoms with Crippen molar-refractivity contribution >= 4 is 11.8 Å². The van der Waals surface area contributed by atoms with Crippen molar-refractivity contribution < 1.29 is 19.4 Å². The lowest BCUT2D eigenvalue weighted by Gasteiger charge is -2.20. The third-order valence-corrected chi connectivity index (χ3v) is 2.31. The van der Waals surface area contributed by atoms with Crippen LogP contribution in [0, 0.1) is 5.41 Å². The molecule has 0 aliphatic carbocycles. The van der Waals surface area contributed by atoms with Crippen LogP contribution in [0.15, 0.2) is 0 Å². The van der Waals surface area contributed by atoms with E-state index in [0.717, 1.165) is 0 Å². The number of hydrogen-bond acceptors (Lipinski definition) is 4. The van der Waals surface area contributed by atoms with Gasteiger partial charge in [0.2, 0.25) is 11.8 Å². The molecule has 2 amide bonds. The normalized spacial score (nSPS) is 11.2. The lowest BCUT2D eigenvalue weighted by atomic mass is 9.96. The minimum atomic E-state index is -0.497. The van der Waals surface area contributed by atoms with E-state index in [1.165, 1.54) is 4.90 Å². The first-order valence-electron chi connectivity index (χ1n) is 6.00. The second-order valence-corrected chi connectivity index (χ2v) is 5.08. The molecule has 0 saturated carbocycles. The highest BCUT2D eigenvalue weighted by Gasteiger charge is 2.21. The van der Waals surface area contributed by atoms with Crippen molar-refractivity contribution in [1.29, 1.82) is 0 Å². The molecule has 0 radical (unpaired) electrons. The van der Waals surface area contributed by atoms with Crippen molar-refractivity contribution in [3.8, 4) is 0 Å². The molecule has 0 spiro atoms. The predicted molar refractivity (Wildman–Crippen MR) is 68.0 cm³/mol. The second kappa shape index (κ2) is 8.05. The molecule has 0 aliphatic heterocycles. The molecule has 0 bridgehead atoms. The van der Waals surface area contributed by atoms with E-state index in [1.807, 2.05) is 0 Å². The highest BCUT2D eigenvalue weighted by Crippen LogP contribution is 2.11. The van der Waals surface area contributed by atoms with Gasteiger partial charge in [-0.2, -0.15) is 0 Å². The molecular weight excluding hydrogens is 236 g/mol. The number of nitrogens with one attached hydrogen (secondary N) is 1. The third-order valence-electron chi connectivity index (χ3n) is 2.31. The van der Waals surface area contributed by atoms with Gasteiger partial charge >= 0.3 is 0 Å². The Hall–Kier alpha value is -1.14. The average Bonchev–Trinajstić information content (AvgIpc) is 2.29. The smallest absolute Gasteiger partial charge is 0.241 e. The summed E-state index contributed by atoms with van der Waals surface area (Å²) in [5, 5.41) is 11.1. The number of rotatable bonds is 7. The fourth-order valence-electron chi connectivity index (χ4n) is 1.05. The SMILES string of the molecule is CN(CCOCCO)C(=O)CNC(=O)C(C)(C)C. The first-order valence-corrected chi connectivity index (χ1v) is 6.00. The van der Waals surface area contributed by atoms with E-state index in [0.29, 0.717) is 13.2 Å². The number of aliphatic hydroxyl groups is 1. The molecule has 0 aromatic rings. The van der Waals surface area contributed by atoms with Gasteiger partial charge in [-0.3, -0.25) is 9.59 Å². The first-order chi connectivity index (χ1) is 8.29. The minimum Gasteiger partial charge on any atom is -0.394 e. The molecule has 0 atom stereocenters. The zero-order valence-corrected chi connectivity index (χ0v) is 11.7. The highest BCUT2D eigenvalue weighted by atomic mass is 16.5. The zero-order chi connectivity index (χ0) is 14.2. The average molecular weight is 260 g/mol. The first kappa shape index (κ1) is 16.9. The number of amides is 2. The Kier molecular flexibility index (Phi) is 7.54. The Labute approximate surface area is 108 Å². The summed E-state index contributed by atoms with van der Waals surface area (Å²) in [4.78, 5) is 24.7. The molecule has 0 aromatic heterocycles. The molecule has 0 heterocycles. The van der Waals surface area contributed by atoms with Crippen molar-refractivity contribution in [1.82, 2.24) is 10.2 Å². The van der Waals surface area contributed by atoms with E-state index in [-0.39, 0.29) is 31.6 Å². The Morgan fingerprint density at radius 1 is 1.28 bits per heavy atom. The van der Waals surface area contributed by atoms with Gasteiger partial charge in [-0.05, 0) is 0 Å². The summed E-state index contributed by atoms with van der Waals surface area (Å²) in [5.74, 6) is -0.319. The summed E-state index contributed by atoms with van der Waals surface area (Å²) in [7, 11) is 1.65. The van der Waals surface area contributed by atoms with Crippen LogP contribution in [0.1, 0.15) is 20.8 Å². The van der Waals surface area contributed by atoms with Gasteiger partial charge in [-0.25, -0.2) is 0 Å². The van der Waals surface area contributed by atoms with E-state index in [1.54, 1.807) is 27.8 Å². The van der Waals surface area contributed by atoms with Crippen molar-refractivity contribution in [3.05, 3.63) is 0 Å². The number of hydrogen-bond donors (Lipinski definition) is 2. The van der Waals surface area contributed by atoms with E-state index >= 15 is 0 Å². The molecule has 0 saturated heterocycles. The Morgan fingerprint density at radius 3 is 2.39 bits per heavy atom. The summed E-state index contributed by atoms with van der Waals surface area (Å²) in [6.45, 7) is 6.41. The maximum atomic E-state index is 11.6. The summed E-state index contributed by atoms with van der Waals surface area (Å²) in [6.07, 6.45) is 0. The molecule has 0 unspecified atom stereocenters. The van der Waals surface area contributed by atoms with Gasteiger partial charge in [0, 0.05) is 19.0 Å². The van der Waals surface area contributed by atoms with Crippen LogP contribution in [0.5, 0.6) is 0 Å². The van der Waals surface area contributed by atoms with Crippen LogP contribution < -0.4 is 5.32 Å². The quantitative estimate of drug-likeness (QED) is 0.611. The van der Waals surface area contributed by atoms with E-state index in [9.17, 15) is 9.59 Å². The van der Waals surface area contributed by atoms with E-state index < -0.39 is 5.41 Å². The summed E-state index contributed by atoms with van der Waals surface area (Å²) < 4.78 is 5.05. The third kappa shape index (κ3) is 7.24. The van der Waals surface area contributed by atoms with Crippen LogP contribution in [0.4, 0.5) is 0 Å². The molecule has 0 aromatic carbocycles. The van der Waals surface area contributed by atoms with Crippen LogP contribution in [-0.2, 0) is 14.3 Å². The van der Waals surface area contributed by atoms with Gasteiger partial charge in [0.15, 0.2) is 0 Å². The van der Waals surface area contributed by atoms with Crippen molar-refractivity contribution in [2.75, 3.05) is 40.0 Å². The fourth-order valence-corrected chi connectivity index (χ4v) is 1.05. The maximum absolute atomic E-state index is 11.6. The van der Waals surface area contributed by atoms with Crippen LogP contribution in [0.3, 0.4) is 0 Å². The summed E-state index contributed by atoms with van der Waals surface area (Å²) in [6, 6.07) is 0. The standard InChI is InChI=1S/C12H24N2O4/c1-12(2,3)11(17)13-9-10(16)14(4)5-7-18-8-6-15/h15H,5-9H2,1-4H3,(H,13,17). The number of carbonyl (C=O) groups is 2. The van der Waals surface area contributed by atoms with E-state index in [2.05, 4.69) is 5.32 Å². The largest absolute Gasteiger partial charge is 0.394 e. The van der Waals surface area contributed by atoms with Gasteiger partial charge in [-0.15, -0.1) is 0 Å².